The van der Waals surface area contributed by atoms with Crippen molar-refractivity contribution in [2.45, 2.75) is 12.1 Å². The molecule has 0 spiro atoms. The number of hydrogen-bond donors (Lipinski definition) is 2. The minimum atomic E-state index is 0.00730. The van der Waals surface area contributed by atoms with E-state index in [9.17, 15) is 4.79 Å². The molecule has 0 aliphatic rings. The largest absolute Gasteiger partial charge is 0.497 e. The number of hydrogen-bond acceptors (Lipinski definition) is 7. The van der Waals surface area contributed by atoms with Crippen LogP contribution in [0.15, 0.2) is 59.8 Å². The number of rotatable bonds is 7. The molecule has 2 aromatic heterocycles. The number of nitrogens with two attached hydrogens (primary N) is 1. The zero-order valence-corrected chi connectivity index (χ0v) is 17.3. The average Bonchev–Trinajstić information content (AvgIpc) is 3.39. The molecule has 4 aromatic rings. The van der Waals surface area contributed by atoms with Crippen LogP contribution >= 0.6 is 11.8 Å². The number of carbonyl (C=O) groups excluding carboxylic acids is 1. The van der Waals surface area contributed by atoms with E-state index >= 15 is 0 Å². The summed E-state index contributed by atoms with van der Waals surface area (Å²) in [6.07, 6.45) is 0. The zero-order chi connectivity index (χ0) is 21.1. The molecular formula is C21H20N6O2S. The highest BCUT2D eigenvalue weighted by Gasteiger charge is 2.17. The molecule has 0 fully saturated rings. The molecule has 0 atom stereocenters. The molecule has 30 heavy (non-hydrogen) atoms. The third-order valence-corrected chi connectivity index (χ3v) is 5.52. The van der Waals surface area contributed by atoms with Gasteiger partial charge in [0.05, 0.1) is 18.6 Å². The fourth-order valence-corrected chi connectivity index (χ4v) is 3.61. The lowest BCUT2D eigenvalue weighted by Gasteiger charge is -2.03. The molecule has 3 N–H and O–H groups in total. The molecule has 4 rings (SSSR count). The summed E-state index contributed by atoms with van der Waals surface area (Å²) in [6.45, 7) is 1.98. The molecule has 0 aliphatic heterocycles. The molecule has 9 heteroatoms. The molecule has 0 bridgehead atoms. The van der Waals surface area contributed by atoms with Crippen LogP contribution in [0.5, 0.6) is 5.75 Å². The van der Waals surface area contributed by atoms with E-state index < -0.39 is 0 Å². The summed E-state index contributed by atoms with van der Waals surface area (Å²) in [7, 11) is 1.62. The summed E-state index contributed by atoms with van der Waals surface area (Å²) in [5, 5.41) is 16.0. The average molecular weight is 420 g/mol. The van der Waals surface area contributed by atoms with Crippen molar-refractivity contribution in [2.75, 3.05) is 18.7 Å². The molecule has 2 aromatic carbocycles. The van der Waals surface area contributed by atoms with Gasteiger partial charge < -0.3 is 10.6 Å². The van der Waals surface area contributed by atoms with Gasteiger partial charge in [0.1, 0.15) is 11.4 Å². The zero-order valence-electron chi connectivity index (χ0n) is 16.5. The number of carbonyl (C=O) groups is 1. The van der Waals surface area contributed by atoms with Gasteiger partial charge in [-0.25, -0.2) is 4.68 Å². The number of aromatic nitrogens is 5. The maximum atomic E-state index is 12.4. The number of benzene rings is 2. The third kappa shape index (κ3) is 4.06. The van der Waals surface area contributed by atoms with Gasteiger partial charge in [-0.05, 0) is 37.3 Å². The minimum absolute atomic E-state index is 0.00730. The molecule has 0 radical (unpaired) electrons. The van der Waals surface area contributed by atoms with E-state index in [1.165, 1.54) is 16.4 Å². The number of methoxy groups -OCH3 is 1. The monoisotopic (exact) mass is 420 g/mol. The van der Waals surface area contributed by atoms with Gasteiger partial charge in [0.25, 0.3) is 0 Å². The Balaban J connectivity index is 1.47. The summed E-state index contributed by atoms with van der Waals surface area (Å²) >= 11 is 1.24. The van der Waals surface area contributed by atoms with E-state index in [0.717, 1.165) is 22.6 Å². The number of Topliss-reactive ketones (excluding diaryl/α,β-unsaturated/α-hetero) is 1. The molecule has 2 heterocycles. The number of nitrogen functional groups attached to an aromatic ring is 1. The summed E-state index contributed by atoms with van der Waals surface area (Å²) in [6, 6.07) is 16.9. The van der Waals surface area contributed by atoms with E-state index in [0.29, 0.717) is 22.2 Å². The maximum Gasteiger partial charge on any atom is 0.210 e. The van der Waals surface area contributed by atoms with Crippen molar-refractivity contribution in [3.63, 3.8) is 0 Å². The Morgan fingerprint density at radius 3 is 2.57 bits per heavy atom. The van der Waals surface area contributed by atoms with Crippen LogP contribution in [0.3, 0.4) is 0 Å². The van der Waals surface area contributed by atoms with Gasteiger partial charge in [-0.15, -0.1) is 10.2 Å². The fraction of sp³-hybridized carbons (Fsp3) is 0.143. The SMILES string of the molecule is COc1ccc(-c2cc(-c3nnc(SCC(=O)c4ccc(C)cc4)n3N)[nH]n2)cc1. The van der Waals surface area contributed by atoms with Crippen molar-refractivity contribution in [1.82, 2.24) is 25.1 Å². The quantitative estimate of drug-likeness (QED) is 0.268. The summed E-state index contributed by atoms with van der Waals surface area (Å²) < 4.78 is 6.54. The predicted molar refractivity (Wildman–Crippen MR) is 116 cm³/mol. The number of H-pyrrole nitrogens is 1. The third-order valence-electron chi connectivity index (χ3n) is 4.57. The van der Waals surface area contributed by atoms with Crippen LogP contribution in [0.4, 0.5) is 0 Å². The molecule has 8 nitrogen and oxygen atoms in total. The number of ether oxygens (including phenoxy) is 1. The number of nitrogens with one attached hydrogen (secondary N) is 1. The molecule has 152 valence electrons. The van der Waals surface area contributed by atoms with Gasteiger partial charge in [-0.2, -0.15) is 5.10 Å². The van der Waals surface area contributed by atoms with Gasteiger partial charge in [0.2, 0.25) is 11.0 Å². The minimum Gasteiger partial charge on any atom is -0.497 e. The smallest absolute Gasteiger partial charge is 0.210 e. The topological polar surface area (TPSA) is 112 Å². The lowest BCUT2D eigenvalue weighted by Crippen LogP contribution is -2.13. The van der Waals surface area contributed by atoms with Crippen molar-refractivity contribution in [1.29, 1.82) is 0 Å². The van der Waals surface area contributed by atoms with Crippen molar-refractivity contribution >= 4 is 17.5 Å². The Kier molecular flexibility index (Phi) is 5.53. The Morgan fingerprint density at radius 2 is 1.87 bits per heavy atom. The Hall–Kier alpha value is -3.59. The van der Waals surface area contributed by atoms with Gasteiger partial charge >= 0.3 is 0 Å². The fourth-order valence-electron chi connectivity index (χ4n) is 2.86. The first-order chi connectivity index (χ1) is 14.5. The van der Waals surface area contributed by atoms with Crippen LogP contribution in [-0.4, -0.2) is 43.7 Å². The molecule has 0 amide bonds. The van der Waals surface area contributed by atoms with Crippen molar-refractivity contribution in [3.05, 3.63) is 65.7 Å². The highest BCUT2D eigenvalue weighted by atomic mass is 32.2. The number of thioether (sulfide) groups is 1. The van der Waals surface area contributed by atoms with E-state index in [1.807, 2.05) is 61.5 Å². The van der Waals surface area contributed by atoms with E-state index in [4.69, 9.17) is 10.6 Å². The van der Waals surface area contributed by atoms with Crippen LogP contribution in [0.25, 0.3) is 22.8 Å². The number of aryl methyl sites for hydroxylation is 1. The van der Waals surface area contributed by atoms with E-state index in [-0.39, 0.29) is 11.5 Å². The molecule has 0 aliphatic carbocycles. The second-order valence-electron chi connectivity index (χ2n) is 6.65. The van der Waals surface area contributed by atoms with Crippen LogP contribution in [0.1, 0.15) is 15.9 Å². The Labute approximate surface area is 177 Å². The lowest BCUT2D eigenvalue weighted by atomic mass is 10.1. The molecule has 0 saturated carbocycles. The van der Waals surface area contributed by atoms with Crippen LogP contribution in [0, 0.1) is 6.92 Å². The summed E-state index contributed by atoms with van der Waals surface area (Å²) in [4.78, 5) is 12.4. The summed E-state index contributed by atoms with van der Waals surface area (Å²) in [5.74, 6) is 7.60. The molecule has 0 saturated heterocycles. The highest BCUT2D eigenvalue weighted by Crippen LogP contribution is 2.26. The Bertz CT molecular complexity index is 1170. The normalized spacial score (nSPS) is 10.9. The second kappa shape index (κ2) is 8.42. The number of aromatic amines is 1. The molecular weight excluding hydrogens is 400 g/mol. The highest BCUT2D eigenvalue weighted by molar-refractivity contribution is 7.99. The predicted octanol–water partition coefficient (Wildman–Crippen LogP) is 3.34. The lowest BCUT2D eigenvalue weighted by molar-refractivity contribution is 0.102. The first-order valence-electron chi connectivity index (χ1n) is 9.18. The van der Waals surface area contributed by atoms with E-state index in [2.05, 4.69) is 20.4 Å². The summed E-state index contributed by atoms with van der Waals surface area (Å²) in [5.41, 5.74) is 4.08. The molecule has 0 unspecified atom stereocenters. The van der Waals surface area contributed by atoms with Crippen molar-refractivity contribution in [2.24, 2.45) is 0 Å². The van der Waals surface area contributed by atoms with Gasteiger partial charge in [0, 0.05) is 11.1 Å². The van der Waals surface area contributed by atoms with Crippen LogP contribution in [0.2, 0.25) is 0 Å². The first-order valence-corrected chi connectivity index (χ1v) is 10.2. The van der Waals surface area contributed by atoms with Gasteiger partial charge in [-0.3, -0.25) is 9.89 Å². The standard InChI is InChI=1S/C21H20N6O2S/c1-13-3-5-15(6-4-13)19(28)12-30-21-26-25-20(27(21)22)18-11-17(23-24-18)14-7-9-16(29-2)10-8-14/h3-11H,12,22H2,1-2H3,(H,23,24). The van der Waals surface area contributed by atoms with Gasteiger partial charge in [-0.1, -0.05) is 41.6 Å². The van der Waals surface area contributed by atoms with E-state index in [1.54, 1.807) is 7.11 Å². The maximum absolute atomic E-state index is 12.4. The van der Waals surface area contributed by atoms with Gasteiger partial charge in [0.15, 0.2) is 5.78 Å². The number of ketones is 1. The van der Waals surface area contributed by atoms with Crippen LogP contribution in [-0.2, 0) is 0 Å². The Morgan fingerprint density at radius 1 is 1.13 bits per heavy atom. The van der Waals surface area contributed by atoms with Crippen LogP contribution < -0.4 is 10.6 Å². The number of nitrogens with zero attached hydrogens (tertiary/aromatic N) is 4. The van der Waals surface area contributed by atoms with Crippen molar-refractivity contribution < 1.29 is 9.53 Å². The van der Waals surface area contributed by atoms with Crippen molar-refractivity contribution in [3.8, 4) is 28.5 Å². The second-order valence-corrected chi connectivity index (χ2v) is 7.59. The first kappa shape index (κ1) is 19.7.